The van der Waals surface area contributed by atoms with E-state index in [4.69, 9.17) is 14.2 Å². The molecule has 6 heteroatoms. The molecule has 0 saturated heterocycles. The summed E-state index contributed by atoms with van der Waals surface area (Å²) in [6, 6.07) is 22.0. The molecule has 0 aliphatic carbocycles. The van der Waals surface area contributed by atoms with E-state index in [0.717, 1.165) is 11.3 Å². The fraction of sp³-hybridized carbons (Fsp3) is 0.154. The highest BCUT2D eigenvalue weighted by molar-refractivity contribution is 6.26. The third kappa shape index (κ3) is 4.34. The van der Waals surface area contributed by atoms with Crippen LogP contribution in [0.5, 0.6) is 17.2 Å². The van der Waals surface area contributed by atoms with Crippen molar-refractivity contribution < 1.29 is 23.8 Å². The average Bonchev–Trinajstić information content (AvgIpc) is 3.09. The van der Waals surface area contributed by atoms with Crippen molar-refractivity contribution in [3.63, 3.8) is 0 Å². The first-order valence-electron chi connectivity index (χ1n) is 10.2. The van der Waals surface area contributed by atoms with E-state index in [1.165, 1.54) is 11.8 Å². The number of Topliss-reactive ketones (excluding diaryl/α,β-unsaturated/α-hetero) is 1. The Kier molecular flexibility index (Phi) is 6.22. The summed E-state index contributed by atoms with van der Waals surface area (Å²) in [6.07, 6.45) is 1.69. The van der Waals surface area contributed by atoms with Crippen molar-refractivity contribution >= 4 is 23.5 Å². The molecule has 0 unspecified atom stereocenters. The van der Waals surface area contributed by atoms with Gasteiger partial charge in [0.05, 0.1) is 18.5 Å². The van der Waals surface area contributed by atoms with Crippen LogP contribution in [0.3, 0.4) is 0 Å². The van der Waals surface area contributed by atoms with Gasteiger partial charge >= 0.3 is 0 Å². The van der Waals surface area contributed by atoms with E-state index < -0.39 is 0 Å². The number of ether oxygens (including phenoxy) is 3. The Morgan fingerprint density at radius 3 is 2.38 bits per heavy atom. The number of carbonyl (C=O) groups is 2. The number of rotatable bonds is 7. The Morgan fingerprint density at radius 1 is 0.906 bits per heavy atom. The minimum atomic E-state index is -0.222. The number of nitrogens with zero attached hydrogens (tertiary/aromatic N) is 1. The minimum Gasteiger partial charge on any atom is -0.493 e. The van der Waals surface area contributed by atoms with Crippen LogP contribution in [0.25, 0.3) is 6.08 Å². The SMILES string of the molecule is COc1cc(C=C2C(=O)c3ccccc3N2C(C)=O)ccc1OCCOc1ccccc1. The number of benzene rings is 3. The van der Waals surface area contributed by atoms with E-state index in [1.54, 1.807) is 43.5 Å². The van der Waals surface area contributed by atoms with Crippen molar-refractivity contribution in [2.75, 3.05) is 25.2 Å². The molecule has 1 aliphatic rings. The van der Waals surface area contributed by atoms with Gasteiger partial charge in [-0.15, -0.1) is 0 Å². The maximum atomic E-state index is 12.9. The maximum Gasteiger partial charge on any atom is 0.228 e. The highest BCUT2D eigenvalue weighted by atomic mass is 16.5. The molecule has 3 aromatic carbocycles. The van der Waals surface area contributed by atoms with Gasteiger partial charge in [0.2, 0.25) is 11.7 Å². The van der Waals surface area contributed by atoms with E-state index in [9.17, 15) is 9.59 Å². The second-order valence-electron chi connectivity index (χ2n) is 7.15. The van der Waals surface area contributed by atoms with Gasteiger partial charge in [0, 0.05) is 12.5 Å². The van der Waals surface area contributed by atoms with Crippen molar-refractivity contribution in [3.05, 3.63) is 89.6 Å². The van der Waals surface area contributed by atoms with Crippen molar-refractivity contribution in [1.82, 2.24) is 0 Å². The highest BCUT2D eigenvalue weighted by Gasteiger charge is 2.34. The molecule has 0 aromatic heterocycles. The van der Waals surface area contributed by atoms with E-state index >= 15 is 0 Å². The summed E-state index contributed by atoms with van der Waals surface area (Å²) >= 11 is 0. The molecule has 162 valence electrons. The summed E-state index contributed by atoms with van der Waals surface area (Å²) in [5.74, 6) is 1.46. The molecule has 0 spiro atoms. The van der Waals surface area contributed by atoms with E-state index in [1.807, 2.05) is 42.5 Å². The van der Waals surface area contributed by atoms with Gasteiger partial charge in [-0.1, -0.05) is 36.4 Å². The van der Waals surface area contributed by atoms with Crippen LogP contribution in [-0.4, -0.2) is 32.0 Å². The number of hydrogen-bond donors (Lipinski definition) is 0. The van der Waals surface area contributed by atoms with Gasteiger partial charge in [0.15, 0.2) is 11.5 Å². The molecule has 0 bridgehead atoms. The number of carbonyl (C=O) groups excluding carboxylic acids is 2. The number of allylic oxidation sites excluding steroid dienone is 1. The van der Waals surface area contributed by atoms with Crippen LogP contribution in [0.2, 0.25) is 0 Å². The van der Waals surface area contributed by atoms with Crippen molar-refractivity contribution in [1.29, 1.82) is 0 Å². The molecule has 6 nitrogen and oxygen atoms in total. The summed E-state index contributed by atoms with van der Waals surface area (Å²) < 4.78 is 16.9. The van der Waals surface area contributed by atoms with Crippen LogP contribution in [0.4, 0.5) is 5.69 Å². The van der Waals surface area contributed by atoms with Crippen molar-refractivity contribution in [3.8, 4) is 17.2 Å². The zero-order valence-electron chi connectivity index (χ0n) is 17.9. The number of hydrogen-bond acceptors (Lipinski definition) is 5. The lowest BCUT2D eigenvalue weighted by Crippen LogP contribution is -2.25. The third-order valence-electron chi connectivity index (χ3n) is 5.02. The zero-order chi connectivity index (χ0) is 22.5. The molecule has 0 fully saturated rings. The Labute approximate surface area is 186 Å². The van der Waals surface area contributed by atoms with E-state index in [-0.39, 0.29) is 11.7 Å². The number of methoxy groups -OCH3 is 1. The molecule has 1 heterocycles. The standard InChI is InChI=1S/C26H23NO5/c1-18(28)27-22-11-7-6-10-21(22)26(29)23(27)16-19-12-13-24(25(17-19)30-2)32-15-14-31-20-8-4-3-5-9-20/h3-13,16-17H,14-15H2,1-2H3. The number of anilines is 1. The molecule has 1 amide bonds. The molecular formula is C26H23NO5. The molecule has 0 N–H and O–H groups in total. The van der Waals surface area contributed by atoms with Crippen LogP contribution in [0.1, 0.15) is 22.8 Å². The van der Waals surface area contributed by atoms with Gasteiger partial charge in [0.25, 0.3) is 0 Å². The first-order valence-corrected chi connectivity index (χ1v) is 10.2. The second-order valence-corrected chi connectivity index (χ2v) is 7.15. The quantitative estimate of drug-likeness (QED) is 0.401. The molecule has 32 heavy (non-hydrogen) atoms. The summed E-state index contributed by atoms with van der Waals surface area (Å²) in [4.78, 5) is 26.6. The molecule has 0 atom stereocenters. The predicted molar refractivity (Wildman–Crippen MR) is 122 cm³/mol. The Morgan fingerprint density at radius 2 is 1.62 bits per heavy atom. The summed E-state index contributed by atoms with van der Waals surface area (Å²) in [7, 11) is 1.55. The van der Waals surface area contributed by atoms with Crippen LogP contribution in [0, 0.1) is 0 Å². The zero-order valence-corrected chi connectivity index (χ0v) is 17.9. The fourth-order valence-corrected chi connectivity index (χ4v) is 3.58. The second kappa shape index (κ2) is 9.39. The normalized spacial score (nSPS) is 13.8. The molecular weight excluding hydrogens is 406 g/mol. The lowest BCUT2D eigenvalue weighted by atomic mass is 10.1. The minimum absolute atomic E-state index is 0.187. The van der Waals surface area contributed by atoms with Crippen LogP contribution in [0.15, 0.2) is 78.5 Å². The first-order chi connectivity index (χ1) is 15.6. The molecule has 0 radical (unpaired) electrons. The molecule has 3 aromatic rings. The number of para-hydroxylation sites is 2. The summed E-state index contributed by atoms with van der Waals surface area (Å²) in [5, 5.41) is 0. The van der Waals surface area contributed by atoms with E-state index in [0.29, 0.717) is 41.7 Å². The van der Waals surface area contributed by atoms with Crippen molar-refractivity contribution in [2.24, 2.45) is 0 Å². The van der Waals surface area contributed by atoms with Crippen LogP contribution < -0.4 is 19.1 Å². The van der Waals surface area contributed by atoms with Gasteiger partial charge in [-0.2, -0.15) is 0 Å². The van der Waals surface area contributed by atoms with Gasteiger partial charge in [0.1, 0.15) is 19.0 Å². The van der Waals surface area contributed by atoms with Crippen LogP contribution in [-0.2, 0) is 4.79 Å². The molecule has 4 rings (SSSR count). The van der Waals surface area contributed by atoms with Gasteiger partial charge in [-0.3, -0.25) is 14.5 Å². The Balaban J connectivity index is 1.50. The summed E-state index contributed by atoms with van der Waals surface area (Å²) in [5.41, 5.74) is 2.14. The summed E-state index contributed by atoms with van der Waals surface area (Å²) in [6.45, 7) is 2.18. The largest absolute Gasteiger partial charge is 0.493 e. The average molecular weight is 429 g/mol. The Bertz CT molecular complexity index is 1170. The van der Waals surface area contributed by atoms with Gasteiger partial charge < -0.3 is 14.2 Å². The number of amides is 1. The fourth-order valence-electron chi connectivity index (χ4n) is 3.58. The first kappa shape index (κ1) is 21.2. The number of fused-ring (bicyclic) bond motifs is 1. The lowest BCUT2D eigenvalue weighted by Gasteiger charge is -2.16. The molecule has 1 aliphatic heterocycles. The Hall–Kier alpha value is -4.06. The van der Waals surface area contributed by atoms with Gasteiger partial charge in [-0.25, -0.2) is 0 Å². The number of ketones is 1. The van der Waals surface area contributed by atoms with Crippen molar-refractivity contribution in [2.45, 2.75) is 6.92 Å². The smallest absolute Gasteiger partial charge is 0.228 e. The topological polar surface area (TPSA) is 65.1 Å². The monoisotopic (exact) mass is 429 g/mol. The van der Waals surface area contributed by atoms with Crippen LogP contribution >= 0.6 is 0 Å². The highest BCUT2D eigenvalue weighted by Crippen LogP contribution is 2.36. The molecule has 0 saturated carbocycles. The predicted octanol–water partition coefficient (Wildman–Crippen LogP) is 4.74. The lowest BCUT2D eigenvalue weighted by molar-refractivity contribution is -0.116. The maximum absolute atomic E-state index is 12.9. The van der Waals surface area contributed by atoms with E-state index in [2.05, 4.69) is 0 Å². The van der Waals surface area contributed by atoms with Gasteiger partial charge in [-0.05, 0) is 48.0 Å². The third-order valence-corrected chi connectivity index (χ3v) is 5.02.